The predicted octanol–water partition coefficient (Wildman–Crippen LogP) is 2.20. The van der Waals surface area contributed by atoms with E-state index in [1.807, 2.05) is 0 Å². The molecule has 0 bridgehead atoms. The Kier molecular flexibility index (Phi) is 8.63. The number of amides is 2. The summed E-state index contributed by atoms with van der Waals surface area (Å²) < 4.78 is 36.0. The third-order valence-corrected chi connectivity index (χ3v) is 5.89. The topological polar surface area (TPSA) is 130 Å². The van der Waals surface area contributed by atoms with Gasteiger partial charge in [0.25, 0.3) is 11.8 Å². The first-order chi connectivity index (χ1) is 16.7. The van der Waals surface area contributed by atoms with E-state index < -0.39 is 22.5 Å². The van der Waals surface area contributed by atoms with Crippen LogP contribution in [0.1, 0.15) is 16.9 Å². The number of nitrogens with zero attached hydrogens (tertiary/aromatic N) is 2. The number of rotatable bonds is 11. The summed E-state index contributed by atoms with van der Waals surface area (Å²) in [4.78, 5) is 24.2. The number of hydrazone groups is 1. The Balaban J connectivity index is 1.47. The van der Waals surface area contributed by atoms with Gasteiger partial charge in [0.1, 0.15) is 18.1 Å². The molecular weight excluding hydrogens is 472 g/mol. The van der Waals surface area contributed by atoms with Crippen LogP contribution in [0.15, 0.2) is 76.4 Å². The zero-order valence-corrected chi connectivity index (χ0v) is 20.1. The van der Waals surface area contributed by atoms with E-state index in [0.29, 0.717) is 22.8 Å². The van der Waals surface area contributed by atoms with E-state index in [4.69, 9.17) is 9.15 Å². The van der Waals surface area contributed by atoms with Crippen molar-refractivity contribution in [1.82, 2.24) is 10.7 Å². The minimum Gasteiger partial charge on any atom is -0.484 e. The van der Waals surface area contributed by atoms with Gasteiger partial charge in [0.15, 0.2) is 6.61 Å². The van der Waals surface area contributed by atoms with E-state index >= 15 is 0 Å². The average Bonchev–Trinajstić information content (AvgIpc) is 3.34. The monoisotopic (exact) mass is 498 g/mol. The molecule has 0 fully saturated rings. The lowest BCUT2D eigenvalue weighted by Gasteiger charge is -2.23. The summed E-state index contributed by atoms with van der Waals surface area (Å²) >= 11 is 0. The van der Waals surface area contributed by atoms with Crippen molar-refractivity contribution in [1.29, 1.82) is 0 Å². The van der Waals surface area contributed by atoms with Gasteiger partial charge in [0.2, 0.25) is 10.0 Å². The fraction of sp³-hybridized carbons (Fsp3) is 0.208. The van der Waals surface area contributed by atoms with Crippen molar-refractivity contribution in [2.45, 2.75) is 13.5 Å². The first kappa shape index (κ1) is 25.5. The number of nitrogens with one attached hydrogen (secondary N) is 2. The molecule has 0 aliphatic carbocycles. The van der Waals surface area contributed by atoms with Crippen molar-refractivity contribution in [3.05, 3.63) is 83.8 Å². The number of benzene rings is 2. The van der Waals surface area contributed by atoms with Gasteiger partial charge < -0.3 is 14.5 Å². The first-order valence-electron chi connectivity index (χ1n) is 10.6. The number of anilines is 1. The van der Waals surface area contributed by atoms with Gasteiger partial charge in [-0.1, -0.05) is 18.2 Å². The maximum atomic E-state index is 12.3. The highest BCUT2D eigenvalue weighted by atomic mass is 32.2. The van der Waals surface area contributed by atoms with E-state index in [2.05, 4.69) is 15.8 Å². The molecule has 0 unspecified atom stereocenters. The Morgan fingerprint density at radius 2 is 1.80 bits per heavy atom. The predicted molar refractivity (Wildman–Crippen MR) is 132 cm³/mol. The van der Waals surface area contributed by atoms with Crippen LogP contribution in [0.5, 0.6) is 5.75 Å². The number of carbonyl (C=O) groups is 2. The van der Waals surface area contributed by atoms with Crippen molar-refractivity contribution < 1.29 is 27.2 Å². The van der Waals surface area contributed by atoms with Crippen molar-refractivity contribution >= 4 is 33.7 Å². The smallest absolute Gasteiger partial charge is 0.260 e. The molecule has 3 aromatic rings. The molecule has 0 radical (unpaired) electrons. The molecule has 184 valence electrons. The van der Waals surface area contributed by atoms with Crippen LogP contribution in [-0.2, 0) is 26.2 Å². The summed E-state index contributed by atoms with van der Waals surface area (Å²) in [5.41, 5.74) is 4.16. The molecule has 10 nitrogen and oxygen atoms in total. The van der Waals surface area contributed by atoms with Crippen LogP contribution in [0.2, 0.25) is 0 Å². The maximum absolute atomic E-state index is 12.3. The fourth-order valence-corrected chi connectivity index (χ4v) is 3.93. The summed E-state index contributed by atoms with van der Waals surface area (Å²) in [6, 6.07) is 17.1. The molecule has 35 heavy (non-hydrogen) atoms. The maximum Gasteiger partial charge on any atom is 0.260 e. The second-order valence-corrected chi connectivity index (χ2v) is 9.47. The quantitative estimate of drug-likeness (QED) is 0.308. The Labute approximate surface area is 203 Å². The Morgan fingerprint density at radius 1 is 1.06 bits per heavy atom. The van der Waals surface area contributed by atoms with Crippen LogP contribution in [0.4, 0.5) is 5.69 Å². The highest BCUT2D eigenvalue weighted by Gasteiger charge is 2.21. The van der Waals surface area contributed by atoms with Gasteiger partial charge in [-0.25, -0.2) is 13.8 Å². The van der Waals surface area contributed by atoms with E-state index in [9.17, 15) is 18.0 Å². The summed E-state index contributed by atoms with van der Waals surface area (Å²) in [7, 11) is -3.67. The van der Waals surface area contributed by atoms with Crippen LogP contribution in [0.25, 0.3) is 0 Å². The van der Waals surface area contributed by atoms with E-state index in [0.717, 1.165) is 16.1 Å². The molecule has 1 heterocycles. The van der Waals surface area contributed by atoms with Crippen molar-refractivity contribution in [3.63, 3.8) is 0 Å². The highest BCUT2D eigenvalue weighted by Crippen LogP contribution is 2.21. The Morgan fingerprint density at radius 3 is 2.46 bits per heavy atom. The molecule has 1 aromatic heterocycles. The summed E-state index contributed by atoms with van der Waals surface area (Å²) in [5.74, 6) is 0.258. The van der Waals surface area contributed by atoms with Crippen LogP contribution < -0.4 is 19.8 Å². The van der Waals surface area contributed by atoms with Crippen LogP contribution in [0, 0.1) is 6.92 Å². The molecule has 3 rings (SSSR count). The molecule has 2 aromatic carbocycles. The van der Waals surface area contributed by atoms with Crippen molar-refractivity contribution in [2.75, 3.05) is 23.7 Å². The lowest BCUT2D eigenvalue weighted by atomic mass is 10.2. The molecule has 11 heteroatoms. The lowest BCUT2D eigenvalue weighted by molar-refractivity contribution is -0.123. The van der Waals surface area contributed by atoms with E-state index in [1.54, 1.807) is 67.6 Å². The van der Waals surface area contributed by atoms with Crippen LogP contribution >= 0.6 is 0 Å². The fourth-order valence-electron chi connectivity index (χ4n) is 3.02. The lowest BCUT2D eigenvalue weighted by Crippen LogP contribution is -2.39. The van der Waals surface area contributed by atoms with Gasteiger partial charge in [-0.3, -0.25) is 13.9 Å². The first-order valence-corrected chi connectivity index (χ1v) is 12.4. The van der Waals surface area contributed by atoms with Gasteiger partial charge in [-0.05, 0) is 60.5 Å². The molecule has 0 aliphatic heterocycles. The zero-order valence-electron chi connectivity index (χ0n) is 19.3. The largest absolute Gasteiger partial charge is 0.484 e. The summed E-state index contributed by atoms with van der Waals surface area (Å²) in [5, 5.41) is 6.57. The number of para-hydroxylation sites is 1. The third-order valence-electron chi connectivity index (χ3n) is 4.76. The van der Waals surface area contributed by atoms with E-state index in [-0.39, 0.29) is 19.1 Å². The molecular formula is C24H26N4O6S. The minimum absolute atomic E-state index is 0.151. The van der Waals surface area contributed by atoms with Gasteiger partial charge in [0, 0.05) is 0 Å². The number of hydrogen-bond acceptors (Lipinski definition) is 7. The summed E-state index contributed by atoms with van der Waals surface area (Å²) in [6.07, 6.45) is 3.99. The van der Waals surface area contributed by atoms with Crippen molar-refractivity contribution in [3.8, 4) is 5.75 Å². The molecule has 0 aliphatic rings. The second kappa shape index (κ2) is 11.8. The molecule has 0 saturated heterocycles. The summed E-state index contributed by atoms with van der Waals surface area (Å²) in [6.45, 7) is 1.49. The molecule has 0 spiro atoms. The Bertz CT molecular complexity index is 1270. The highest BCUT2D eigenvalue weighted by molar-refractivity contribution is 7.92. The standard InChI is InChI=1S/C24H26N4O6S/c1-18-6-3-4-8-22(18)28(35(2,31)32)16-23(29)27-26-14-19-9-11-20(12-10-19)34-17-24(30)25-15-21-7-5-13-33-21/h3-14H,15-17H2,1-2H3,(H,25,30)(H,27,29)/b26-14-. The van der Waals surface area contributed by atoms with E-state index in [1.165, 1.54) is 12.5 Å². The number of hydrogen-bond donors (Lipinski definition) is 2. The van der Waals surface area contributed by atoms with Gasteiger partial charge in [-0.2, -0.15) is 5.10 Å². The van der Waals surface area contributed by atoms with Crippen molar-refractivity contribution in [2.24, 2.45) is 5.10 Å². The third kappa shape index (κ3) is 8.00. The van der Waals surface area contributed by atoms with Gasteiger partial charge >= 0.3 is 0 Å². The minimum atomic E-state index is -3.67. The number of aryl methyl sites for hydroxylation is 1. The van der Waals surface area contributed by atoms with Gasteiger partial charge in [0.05, 0.1) is 31.0 Å². The van der Waals surface area contributed by atoms with Crippen LogP contribution in [0.3, 0.4) is 0 Å². The SMILES string of the molecule is Cc1ccccc1N(CC(=O)N/N=C\c1ccc(OCC(=O)NCc2ccco2)cc1)S(C)(=O)=O. The number of carbonyl (C=O) groups excluding carboxylic acids is 2. The number of sulfonamides is 1. The normalized spacial score (nSPS) is 11.3. The zero-order chi connectivity index (χ0) is 25.3. The molecule has 2 amide bonds. The molecule has 0 saturated carbocycles. The Hall–Kier alpha value is -4.12. The number of furan rings is 1. The second-order valence-electron chi connectivity index (χ2n) is 7.56. The molecule has 2 N–H and O–H groups in total. The molecule has 0 atom stereocenters. The number of ether oxygens (including phenoxy) is 1. The average molecular weight is 499 g/mol. The van der Waals surface area contributed by atoms with Gasteiger partial charge in [-0.15, -0.1) is 0 Å². The van der Waals surface area contributed by atoms with Crippen LogP contribution in [-0.4, -0.2) is 45.9 Å².